The number of para-hydroxylation sites is 1. The Hall–Kier alpha value is -3.61. The molecular formula is C27H19Cl2N3O3. The molecule has 0 spiro atoms. The summed E-state index contributed by atoms with van der Waals surface area (Å²) in [4.78, 5) is 44.3. The van der Waals surface area contributed by atoms with Gasteiger partial charge < -0.3 is 10.2 Å². The lowest BCUT2D eigenvalue weighted by atomic mass is 9.84. The summed E-state index contributed by atoms with van der Waals surface area (Å²) in [5.74, 6) is -2.74. The van der Waals surface area contributed by atoms with E-state index in [9.17, 15) is 14.4 Å². The van der Waals surface area contributed by atoms with Crippen LogP contribution in [0.3, 0.4) is 0 Å². The molecule has 3 aromatic rings. The quantitative estimate of drug-likeness (QED) is 0.502. The van der Waals surface area contributed by atoms with Gasteiger partial charge in [-0.05, 0) is 53.6 Å². The predicted octanol–water partition coefficient (Wildman–Crippen LogP) is 5.15. The van der Waals surface area contributed by atoms with Crippen LogP contribution in [0.2, 0.25) is 10.0 Å². The number of amides is 3. The highest BCUT2D eigenvalue weighted by atomic mass is 35.5. The average Bonchev–Trinajstić information content (AvgIpc) is 3.34. The fraction of sp³-hybridized carbons (Fsp3) is 0.148. The maximum absolute atomic E-state index is 13.8. The van der Waals surface area contributed by atoms with Crippen molar-refractivity contribution < 1.29 is 14.4 Å². The van der Waals surface area contributed by atoms with E-state index >= 15 is 0 Å². The number of carbonyl (C=O) groups excluding carboxylic acids is 3. The lowest BCUT2D eigenvalue weighted by molar-refractivity contribution is -0.128. The van der Waals surface area contributed by atoms with Gasteiger partial charge in [-0.3, -0.25) is 14.4 Å². The molecule has 0 saturated carbocycles. The van der Waals surface area contributed by atoms with Gasteiger partial charge in [0.2, 0.25) is 17.7 Å². The van der Waals surface area contributed by atoms with Gasteiger partial charge in [0.1, 0.15) is 6.04 Å². The van der Waals surface area contributed by atoms with Crippen LogP contribution in [0.15, 0.2) is 79.0 Å². The number of halogens is 2. The highest BCUT2D eigenvalue weighted by Gasteiger charge is 2.64. The molecule has 6 rings (SSSR count). The molecule has 1 N–H and O–H groups in total. The van der Waals surface area contributed by atoms with Crippen molar-refractivity contribution in [2.45, 2.75) is 12.1 Å². The van der Waals surface area contributed by atoms with E-state index in [0.717, 1.165) is 16.0 Å². The molecular weight excluding hydrogens is 485 g/mol. The van der Waals surface area contributed by atoms with Crippen molar-refractivity contribution in [1.82, 2.24) is 4.90 Å². The van der Waals surface area contributed by atoms with Gasteiger partial charge >= 0.3 is 0 Å². The van der Waals surface area contributed by atoms with Crippen molar-refractivity contribution in [2.24, 2.45) is 11.8 Å². The molecule has 0 aromatic heterocycles. The number of hydrogen-bond acceptors (Lipinski definition) is 4. The molecule has 0 bridgehead atoms. The lowest BCUT2D eigenvalue weighted by Gasteiger charge is -2.35. The van der Waals surface area contributed by atoms with Crippen molar-refractivity contribution in [2.75, 3.05) is 10.2 Å². The molecule has 3 aliphatic rings. The molecule has 4 atom stereocenters. The summed E-state index contributed by atoms with van der Waals surface area (Å²) in [5, 5.41) is 3.75. The Kier molecular flexibility index (Phi) is 5.16. The third-order valence-electron chi connectivity index (χ3n) is 6.94. The summed E-state index contributed by atoms with van der Waals surface area (Å²) in [6.45, 7) is 0. The highest BCUT2D eigenvalue weighted by Crippen LogP contribution is 2.53. The molecule has 174 valence electrons. The number of fused-ring (bicyclic) bond motifs is 5. The lowest BCUT2D eigenvalue weighted by Crippen LogP contribution is -2.46. The Morgan fingerprint density at radius 1 is 0.829 bits per heavy atom. The van der Waals surface area contributed by atoms with Crippen LogP contribution in [0, 0.1) is 11.8 Å². The standard InChI is InChI=1S/C27H19Cl2N3O3/c28-16-9-11-17(12-10-16)30-25(33)24-22-21(23-18-6-2-1-5-15(18)13-14-31(23)24)26(34)32(27(22)35)20-8-4-3-7-19(20)29/h1-14,21-24H,(H,30,33)/t21-,22-,23+,24+/m1/s1. The molecule has 0 aliphatic carbocycles. The maximum atomic E-state index is 13.8. The van der Waals surface area contributed by atoms with Crippen molar-refractivity contribution >= 4 is 58.4 Å². The smallest absolute Gasteiger partial charge is 0.247 e. The zero-order valence-corrected chi connectivity index (χ0v) is 19.8. The number of benzene rings is 3. The first-order chi connectivity index (χ1) is 17.0. The van der Waals surface area contributed by atoms with Crippen LogP contribution in [-0.4, -0.2) is 28.7 Å². The minimum Gasteiger partial charge on any atom is -0.357 e. The van der Waals surface area contributed by atoms with Crippen molar-refractivity contribution in [3.8, 4) is 0 Å². The highest BCUT2D eigenvalue weighted by molar-refractivity contribution is 6.36. The fourth-order valence-corrected chi connectivity index (χ4v) is 5.82. The number of nitrogens with zero attached hydrogens (tertiary/aromatic N) is 2. The minimum atomic E-state index is -0.880. The Balaban J connectivity index is 1.45. The molecule has 2 saturated heterocycles. The Labute approximate surface area is 211 Å². The van der Waals surface area contributed by atoms with Crippen LogP contribution < -0.4 is 10.2 Å². The van der Waals surface area contributed by atoms with Crippen LogP contribution in [-0.2, 0) is 14.4 Å². The van der Waals surface area contributed by atoms with Crippen LogP contribution in [0.25, 0.3) is 6.08 Å². The Morgan fingerprint density at radius 2 is 1.51 bits per heavy atom. The number of rotatable bonds is 3. The monoisotopic (exact) mass is 503 g/mol. The van der Waals surface area contributed by atoms with E-state index in [2.05, 4.69) is 5.32 Å². The largest absolute Gasteiger partial charge is 0.357 e. The summed E-state index contributed by atoms with van der Waals surface area (Å²) in [6, 6.07) is 19.9. The topological polar surface area (TPSA) is 69.7 Å². The molecule has 35 heavy (non-hydrogen) atoms. The first-order valence-corrected chi connectivity index (χ1v) is 11.9. The number of imide groups is 1. The zero-order chi connectivity index (χ0) is 24.3. The molecule has 3 aromatic carbocycles. The van der Waals surface area contributed by atoms with Gasteiger partial charge in [-0.2, -0.15) is 0 Å². The van der Waals surface area contributed by atoms with E-state index in [1.165, 1.54) is 0 Å². The second-order valence-corrected chi connectivity index (χ2v) is 9.64. The van der Waals surface area contributed by atoms with Gasteiger partial charge in [-0.1, -0.05) is 59.6 Å². The van der Waals surface area contributed by atoms with E-state index in [1.807, 2.05) is 41.4 Å². The van der Waals surface area contributed by atoms with Gasteiger partial charge in [-0.15, -0.1) is 0 Å². The number of nitrogens with one attached hydrogen (secondary N) is 1. The summed E-state index contributed by atoms with van der Waals surface area (Å²) in [5.41, 5.74) is 2.76. The maximum Gasteiger partial charge on any atom is 0.247 e. The Morgan fingerprint density at radius 3 is 2.29 bits per heavy atom. The molecule has 3 heterocycles. The van der Waals surface area contributed by atoms with Gasteiger partial charge in [-0.25, -0.2) is 4.90 Å². The molecule has 6 nitrogen and oxygen atoms in total. The third kappa shape index (κ3) is 3.36. The molecule has 8 heteroatoms. The number of anilines is 2. The van der Waals surface area contributed by atoms with Crippen LogP contribution >= 0.6 is 23.2 Å². The van der Waals surface area contributed by atoms with Crippen LogP contribution in [0.5, 0.6) is 0 Å². The molecule has 3 amide bonds. The number of hydrogen-bond donors (Lipinski definition) is 1. The minimum absolute atomic E-state index is 0.303. The second-order valence-electron chi connectivity index (χ2n) is 8.79. The zero-order valence-electron chi connectivity index (χ0n) is 18.3. The van der Waals surface area contributed by atoms with Gasteiger partial charge in [0.25, 0.3) is 0 Å². The number of carbonyl (C=O) groups is 3. The normalized spacial score (nSPS) is 24.3. The van der Waals surface area contributed by atoms with E-state index < -0.39 is 29.8 Å². The molecule has 3 aliphatic heterocycles. The first-order valence-electron chi connectivity index (χ1n) is 11.2. The summed E-state index contributed by atoms with van der Waals surface area (Å²) in [7, 11) is 0. The summed E-state index contributed by atoms with van der Waals surface area (Å²) in [6.07, 6.45) is 3.73. The molecule has 2 fully saturated rings. The summed E-state index contributed by atoms with van der Waals surface area (Å²) < 4.78 is 0. The summed E-state index contributed by atoms with van der Waals surface area (Å²) >= 11 is 12.4. The predicted molar refractivity (Wildman–Crippen MR) is 135 cm³/mol. The first kappa shape index (κ1) is 21.9. The van der Waals surface area contributed by atoms with E-state index in [0.29, 0.717) is 21.4 Å². The van der Waals surface area contributed by atoms with Gasteiger partial charge in [0.05, 0.1) is 28.6 Å². The van der Waals surface area contributed by atoms with Crippen molar-refractivity contribution in [3.63, 3.8) is 0 Å². The fourth-order valence-electron chi connectivity index (χ4n) is 5.48. The molecule has 0 radical (unpaired) electrons. The Bertz CT molecular complexity index is 1400. The molecule has 0 unspecified atom stereocenters. The van der Waals surface area contributed by atoms with Crippen molar-refractivity contribution in [1.29, 1.82) is 0 Å². The van der Waals surface area contributed by atoms with E-state index in [1.54, 1.807) is 48.5 Å². The van der Waals surface area contributed by atoms with Crippen molar-refractivity contribution in [3.05, 3.63) is 100 Å². The van der Waals surface area contributed by atoms with Crippen LogP contribution in [0.4, 0.5) is 11.4 Å². The third-order valence-corrected chi connectivity index (χ3v) is 7.51. The van der Waals surface area contributed by atoms with Gasteiger partial charge in [0.15, 0.2) is 0 Å². The average molecular weight is 504 g/mol. The van der Waals surface area contributed by atoms with E-state index in [-0.39, 0.29) is 11.8 Å². The van der Waals surface area contributed by atoms with E-state index in [4.69, 9.17) is 23.2 Å². The van der Waals surface area contributed by atoms with Crippen LogP contribution in [0.1, 0.15) is 17.2 Å². The second kappa shape index (κ2) is 8.26. The SMILES string of the molecule is O=C(Nc1ccc(Cl)cc1)[C@@H]1[C@@H]2C(=O)N(c3ccccc3Cl)C(=O)[C@H]2[C@@H]2c3ccccc3C=CN12. The van der Waals surface area contributed by atoms with Gasteiger partial charge in [0, 0.05) is 16.9 Å².